The van der Waals surface area contributed by atoms with Gasteiger partial charge in [0.05, 0.1) is 17.7 Å². The molecule has 2 N–H and O–H groups in total. The van der Waals surface area contributed by atoms with Crippen LogP contribution in [-0.4, -0.2) is 6.03 Å². The van der Waals surface area contributed by atoms with Crippen molar-refractivity contribution in [1.82, 2.24) is 5.32 Å². The summed E-state index contributed by atoms with van der Waals surface area (Å²) >= 11 is 0. The number of anilines is 1. The summed E-state index contributed by atoms with van der Waals surface area (Å²) in [6, 6.07) is 18.4. The minimum Gasteiger partial charge on any atom is -0.331 e. The lowest BCUT2D eigenvalue weighted by atomic mass is 10.1. The number of urea groups is 1. The molecule has 0 heterocycles. The van der Waals surface area contributed by atoms with Crippen LogP contribution in [0.25, 0.3) is 0 Å². The van der Waals surface area contributed by atoms with Crippen LogP contribution in [0.1, 0.15) is 30.5 Å². The number of hydrogen-bond acceptors (Lipinski definition) is 2. The third-order valence-corrected chi connectivity index (χ3v) is 3.19. The molecule has 0 saturated carbocycles. The van der Waals surface area contributed by atoms with Crippen molar-refractivity contribution in [3.05, 3.63) is 65.7 Å². The second kappa shape index (κ2) is 7.11. The summed E-state index contributed by atoms with van der Waals surface area (Å²) in [5.41, 5.74) is 2.31. The summed E-state index contributed by atoms with van der Waals surface area (Å²) in [6.45, 7) is 2.03. The van der Waals surface area contributed by atoms with E-state index in [1.165, 1.54) is 0 Å². The maximum atomic E-state index is 12.0. The van der Waals surface area contributed by atoms with Crippen molar-refractivity contribution < 1.29 is 4.79 Å². The van der Waals surface area contributed by atoms with E-state index in [1.807, 2.05) is 43.3 Å². The molecule has 2 rings (SSSR count). The van der Waals surface area contributed by atoms with Crippen molar-refractivity contribution in [3.63, 3.8) is 0 Å². The van der Waals surface area contributed by atoms with Gasteiger partial charge in [0.15, 0.2) is 0 Å². The maximum Gasteiger partial charge on any atom is 0.319 e. The first-order chi connectivity index (χ1) is 10.2. The van der Waals surface area contributed by atoms with Crippen LogP contribution in [0.15, 0.2) is 54.6 Å². The number of nitrogens with one attached hydrogen (secondary N) is 2. The Bertz CT molecular complexity index is 629. The first-order valence-electron chi connectivity index (χ1n) is 6.85. The Morgan fingerprint density at radius 1 is 1.14 bits per heavy atom. The highest BCUT2D eigenvalue weighted by atomic mass is 16.2. The third-order valence-electron chi connectivity index (χ3n) is 3.19. The lowest BCUT2D eigenvalue weighted by molar-refractivity contribution is 0.248. The second-order valence-electron chi connectivity index (χ2n) is 4.66. The topological polar surface area (TPSA) is 64.9 Å². The van der Waals surface area contributed by atoms with Crippen LogP contribution in [0.2, 0.25) is 0 Å². The molecule has 0 spiro atoms. The van der Waals surface area contributed by atoms with Gasteiger partial charge >= 0.3 is 6.03 Å². The van der Waals surface area contributed by atoms with E-state index < -0.39 is 0 Å². The van der Waals surface area contributed by atoms with Gasteiger partial charge in [-0.2, -0.15) is 5.26 Å². The molecular formula is C17H17N3O. The third kappa shape index (κ3) is 4.08. The van der Waals surface area contributed by atoms with E-state index in [0.29, 0.717) is 11.3 Å². The van der Waals surface area contributed by atoms with Gasteiger partial charge in [-0.15, -0.1) is 0 Å². The number of nitriles is 1. The van der Waals surface area contributed by atoms with Gasteiger partial charge in [-0.05, 0) is 36.2 Å². The number of carbonyl (C=O) groups is 1. The van der Waals surface area contributed by atoms with Gasteiger partial charge in [-0.3, -0.25) is 0 Å². The van der Waals surface area contributed by atoms with E-state index in [2.05, 4.69) is 10.6 Å². The molecule has 1 atom stereocenters. The smallest absolute Gasteiger partial charge is 0.319 e. The van der Waals surface area contributed by atoms with Crippen LogP contribution < -0.4 is 10.6 Å². The first kappa shape index (κ1) is 14.6. The Morgan fingerprint density at radius 2 is 1.81 bits per heavy atom. The van der Waals surface area contributed by atoms with Crippen molar-refractivity contribution in [3.8, 4) is 6.07 Å². The maximum absolute atomic E-state index is 12.0. The van der Waals surface area contributed by atoms with Gasteiger partial charge in [0.25, 0.3) is 0 Å². The lowest BCUT2D eigenvalue weighted by Gasteiger charge is -2.18. The highest BCUT2D eigenvalue weighted by Gasteiger charge is 2.12. The molecule has 0 aliphatic heterocycles. The Kier molecular flexibility index (Phi) is 4.94. The molecule has 0 aliphatic rings. The molecule has 4 heteroatoms. The van der Waals surface area contributed by atoms with E-state index in [0.717, 1.165) is 12.0 Å². The number of benzene rings is 2. The molecular weight excluding hydrogens is 262 g/mol. The van der Waals surface area contributed by atoms with Gasteiger partial charge in [-0.1, -0.05) is 37.3 Å². The lowest BCUT2D eigenvalue weighted by Crippen LogP contribution is -2.32. The molecule has 21 heavy (non-hydrogen) atoms. The SMILES string of the molecule is CCC(NC(=O)Nc1ccc(C#N)cc1)c1ccccc1. The van der Waals surface area contributed by atoms with Crippen LogP contribution in [0, 0.1) is 11.3 Å². The average Bonchev–Trinajstić information content (AvgIpc) is 2.54. The summed E-state index contributed by atoms with van der Waals surface area (Å²) in [5, 5.41) is 14.5. The summed E-state index contributed by atoms with van der Waals surface area (Å²) < 4.78 is 0. The number of rotatable bonds is 4. The number of nitrogens with zero attached hydrogens (tertiary/aromatic N) is 1. The van der Waals surface area contributed by atoms with Crippen molar-refractivity contribution in [2.24, 2.45) is 0 Å². The fourth-order valence-electron chi connectivity index (χ4n) is 2.06. The molecule has 1 unspecified atom stereocenters. The largest absolute Gasteiger partial charge is 0.331 e. The van der Waals surface area contributed by atoms with Crippen molar-refractivity contribution >= 4 is 11.7 Å². The molecule has 0 bridgehead atoms. The van der Waals surface area contributed by atoms with E-state index in [9.17, 15) is 4.79 Å². The molecule has 0 aliphatic carbocycles. The number of amides is 2. The van der Waals surface area contributed by atoms with Crippen molar-refractivity contribution in [1.29, 1.82) is 5.26 Å². The van der Waals surface area contributed by atoms with E-state index in [4.69, 9.17) is 5.26 Å². The predicted molar refractivity (Wildman–Crippen MR) is 82.8 cm³/mol. The zero-order valence-electron chi connectivity index (χ0n) is 11.8. The molecule has 0 saturated heterocycles. The number of hydrogen-bond donors (Lipinski definition) is 2. The molecule has 0 aromatic heterocycles. The first-order valence-corrected chi connectivity index (χ1v) is 6.85. The van der Waals surface area contributed by atoms with Crippen LogP contribution in [-0.2, 0) is 0 Å². The minimum absolute atomic E-state index is 0.0235. The minimum atomic E-state index is -0.254. The summed E-state index contributed by atoms with van der Waals surface area (Å²) in [7, 11) is 0. The van der Waals surface area contributed by atoms with E-state index >= 15 is 0 Å². The van der Waals surface area contributed by atoms with E-state index in [1.54, 1.807) is 24.3 Å². The Balaban J connectivity index is 1.98. The van der Waals surface area contributed by atoms with Crippen molar-refractivity contribution in [2.75, 3.05) is 5.32 Å². The quantitative estimate of drug-likeness (QED) is 0.893. The Hall–Kier alpha value is -2.80. The second-order valence-corrected chi connectivity index (χ2v) is 4.66. The van der Waals surface area contributed by atoms with Gasteiger partial charge in [0.2, 0.25) is 0 Å². The summed E-state index contributed by atoms with van der Waals surface area (Å²) in [6.07, 6.45) is 0.810. The van der Waals surface area contributed by atoms with Gasteiger partial charge < -0.3 is 10.6 Å². The standard InChI is InChI=1S/C17H17N3O/c1-2-16(14-6-4-3-5-7-14)20-17(21)19-15-10-8-13(12-18)9-11-15/h3-11,16H,2H2,1H3,(H2,19,20,21). The van der Waals surface area contributed by atoms with Crippen LogP contribution in [0.4, 0.5) is 10.5 Å². The Morgan fingerprint density at radius 3 is 2.38 bits per heavy atom. The van der Waals surface area contributed by atoms with Gasteiger partial charge in [0, 0.05) is 5.69 Å². The monoisotopic (exact) mass is 279 g/mol. The normalized spacial score (nSPS) is 11.2. The van der Waals surface area contributed by atoms with Crippen LogP contribution in [0.5, 0.6) is 0 Å². The summed E-state index contributed by atoms with van der Waals surface area (Å²) in [4.78, 5) is 12.0. The van der Waals surface area contributed by atoms with E-state index in [-0.39, 0.29) is 12.1 Å². The molecule has 4 nitrogen and oxygen atoms in total. The molecule has 2 amide bonds. The fourth-order valence-corrected chi connectivity index (χ4v) is 2.06. The average molecular weight is 279 g/mol. The van der Waals surface area contributed by atoms with Crippen LogP contribution in [0.3, 0.4) is 0 Å². The fraction of sp³-hybridized carbons (Fsp3) is 0.176. The predicted octanol–water partition coefficient (Wildman–Crippen LogP) is 3.83. The molecule has 2 aromatic rings. The van der Waals surface area contributed by atoms with Gasteiger partial charge in [0.1, 0.15) is 0 Å². The molecule has 0 fully saturated rings. The highest BCUT2D eigenvalue weighted by molar-refractivity contribution is 5.89. The molecule has 2 aromatic carbocycles. The molecule has 0 radical (unpaired) electrons. The molecule has 106 valence electrons. The summed E-state index contributed by atoms with van der Waals surface area (Å²) in [5.74, 6) is 0. The Labute approximate surface area is 124 Å². The van der Waals surface area contributed by atoms with Crippen LogP contribution >= 0.6 is 0 Å². The van der Waals surface area contributed by atoms with Gasteiger partial charge in [-0.25, -0.2) is 4.79 Å². The zero-order chi connectivity index (χ0) is 15.1. The van der Waals surface area contributed by atoms with Crippen molar-refractivity contribution in [2.45, 2.75) is 19.4 Å². The highest BCUT2D eigenvalue weighted by Crippen LogP contribution is 2.16. The number of carbonyl (C=O) groups excluding carboxylic acids is 1. The zero-order valence-corrected chi connectivity index (χ0v) is 11.8.